The number of sulfonamides is 1. The van der Waals surface area contributed by atoms with Gasteiger partial charge in [0, 0.05) is 22.0 Å². The highest BCUT2D eigenvalue weighted by Crippen LogP contribution is 2.25. The maximum atomic E-state index is 11.9. The molecule has 1 rings (SSSR count). The Morgan fingerprint density at radius 3 is 2.59 bits per heavy atom. The molecule has 0 amide bonds. The smallest absolute Gasteiger partial charge is 0.241 e. The molecule has 7 heteroatoms. The van der Waals surface area contributed by atoms with Crippen molar-refractivity contribution in [2.45, 2.75) is 4.90 Å². The van der Waals surface area contributed by atoms with Gasteiger partial charge < -0.3 is 5.73 Å². The molecule has 0 aromatic heterocycles. The van der Waals surface area contributed by atoms with Crippen molar-refractivity contribution in [2.75, 3.05) is 13.1 Å². The maximum Gasteiger partial charge on any atom is 0.241 e. The number of nitrogens with two attached hydrogens (primary N) is 1. The van der Waals surface area contributed by atoms with E-state index in [1.165, 1.54) is 6.07 Å². The number of hydrogen-bond acceptors (Lipinski definition) is 3. The minimum Gasteiger partial charge on any atom is -0.327 e. The SMILES string of the molecule is NC/C=C/CNS(=O)(=O)c1ccc(Br)cc1Br. The van der Waals surface area contributed by atoms with Crippen LogP contribution in [0.5, 0.6) is 0 Å². The van der Waals surface area contributed by atoms with Gasteiger partial charge in [0.05, 0.1) is 4.90 Å². The minimum absolute atomic E-state index is 0.210. The summed E-state index contributed by atoms with van der Waals surface area (Å²) in [4.78, 5) is 0.210. The van der Waals surface area contributed by atoms with Gasteiger partial charge in [-0.1, -0.05) is 28.1 Å². The van der Waals surface area contributed by atoms with Crippen LogP contribution in [0.1, 0.15) is 0 Å². The molecule has 17 heavy (non-hydrogen) atoms. The summed E-state index contributed by atoms with van der Waals surface area (Å²) in [6, 6.07) is 4.89. The molecule has 1 aromatic carbocycles. The number of halogens is 2. The van der Waals surface area contributed by atoms with Gasteiger partial charge in [-0.25, -0.2) is 13.1 Å². The van der Waals surface area contributed by atoms with Gasteiger partial charge >= 0.3 is 0 Å². The van der Waals surface area contributed by atoms with Crippen LogP contribution in [0.15, 0.2) is 44.2 Å². The molecule has 0 heterocycles. The Balaban J connectivity index is 2.86. The quantitative estimate of drug-likeness (QED) is 0.764. The first-order valence-electron chi connectivity index (χ1n) is 4.77. The van der Waals surface area contributed by atoms with Gasteiger partial charge in [-0.3, -0.25) is 0 Å². The van der Waals surface area contributed by atoms with E-state index in [9.17, 15) is 8.42 Å². The van der Waals surface area contributed by atoms with Crippen molar-refractivity contribution in [3.05, 3.63) is 39.3 Å². The van der Waals surface area contributed by atoms with E-state index in [4.69, 9.17) is 5.73 Å². The van der Waals surface area contributed by atoms with Crippen LogP contribution in [0.4, 0.5) is 0 Å². The van der Waals surface area contributed by atoms with Crippen LogP contribution in [0.2, 0.25) is 0 Å². The highest BCUT2D eigenvalue weighted by molar-refractivity contribution is 9.11. The zero-order valence-electron chi connectivity index (χ0n) is 8.86. The first-order chi connectivity index (χ1) is 7.97. The molecule has 0 fully saturated rings. The van der Waals surface area contributed by atoms with Crippen LogP contribution >= 0.6 is 31.9 Å². The van der Waals surface area contributed by atoms with E-state index in [0.717, 1.165) is 4.47 Å². The summed E-state index contributed by atoms with van der Waals surface area (Å²) in [7, 11) is -3.50. The third-order valence-electron chi connectivity index (χ3n) is 1.88. The average molecular weight is 384 g/mol. The standard InChI is InChI=1S/C10H12Br2N2O2S/c11-8-3-4-10(9(12)7-8)17(15,16)14-6-2-1-5-13/h1-4,7,14H,5-6,13H2/b2-1+. The van der Waals surface area contributed by atoms with Gasteiger partial charge in [-0.2, -0.15) is 0 Å². The summed E-state index contributed by atoms with van der Waals surface area (Å²) in [5, 5.41) is 0. The summed E-state index contributed by atoms with van der Waals surface area (Å²) in [5.41, 5.74) is 5.25. The average Bonchev–Trinajstić information content (AvgIpc) is 2.24. The minimum atomic E-state index is -3.50. The zero-order chi connectivity index (χ0) is 12.9. The van der Waals surface area contributed by atoms with Crippen molar-refractivity contribution >= 4 is 41.9 Å². The van der Waals surface area contributed by atoms with E-state index in [1.54, 1.807) is 24.3 Å². The molecule has 0 aliphatic rings. The number of benzene rings is 1. The first-order valence-corrected chi connectivity index (χ1v) is 7.84. The lowest BCUT2D eigenvalue weighted by Crippen LogP contribution is -2.24. The molecule has 0 unspecified atom stereocenters. The van der Waals surface area contributed by atoms with Gasteiger partial charge in [-0.15, -0.1) is 0 Å². The first kappa shape index (κ1) is 14.8. The monoisotopic (exact) mass is 382 g/mol. The molecule has 0 atom stereocenters. The second-order valence-corrected chi connectivity index (χ2v) is 6.64. The summed E-state index contributed by atoms with van der Waals surface area (Å²) >= 11 is 6.48. The van der Waals surface area contributed by atoms with Crippen LogP contribution in [-0.4, -0.2) is 21.5 Å². The molecular weight excluding hydrogens is 372 g/mol. The fraction of sp³-hybridized carbons (Fsp3) is 0.200. The Morgan fingerprint density at radius 1 is 1.29 bits per heavy atom. The molecule has 0 radical (unpaired) electrons. The third-order valence-corrected chi connectivity index (χ3v) is 4.77. The van der Waals surface area contributed by atoms with Crippen LogP contribution in [0.25, 0.3) is 0 Å². The Morgan fingerprint density at radius 2 is 2.00 bits per heavy atom. The predicted octanol–water partition coefficient (Wildman–Crippen LogP) is 2.00. The van der Waals surface area contributed by atoms with Crippen molar-refractivity contribution in [1.29, 1.82) is 0 Å². The molecule has 0 spiro atoms. The zero-order valence-corrected chi connectivity index (χ0v) is 12.8. The van der Waals surface area contributed by atoms with Crippen molar-refractivity contribution in [1.82, 2.24) is 4.72 Å². The van der Waals surface area contributed by atoms with Crippen LogP contribution < -0.4 is 10.5 Å². The summed E-state index contributed by atoms with van der Waals surface area (Å²) in [6.07, 6.45) is 3.36. The van der Waals surface area contributed by atoms with Crippen LogP contribution in [0.3, 0.4) is 0 Å². The summed E-state index contributed by atoms with van der Waals surface area (Å²) in [6.45, 7) is 0.617. The fourth-order valence-electron chi connectivity index (χ4n) is 1.11. The van der Waals surface area contributed by atoms with E-state index in [0.29, 0.717) is 11.0 Å². The second-order valence-electron chi connectivity index (χ2n) is 3.13. The van der Waals surface area contributed by atoms with Crippen molar-refractivity contribution in [3.8, 4) is 0 Å². The molecular formula is C10H12Br2N2O2S. The van der Waals surface area contributed by atoms with Gasteiger partial charge in [0.2, 0.25) is 10.0 Å². The number of nitrogens with one attached hydrogen (secondary N) is 1. The molecule has 4 nitrogen and oxygen atoms in total. The van der Waals surface area contributed by atoms with Crippen molar-refractivity contribution in [2.24, 2.45) is 5.73 Å². The van der Waals surface area contributed by atoms with E-state index in [-0.39, 0.29) is 11.4 Å². The van der Waals surface area contributed by atoms with E-state index < -0.39 is 10.0 Å². The third kappa shape index (κ3) is 4.51. The molecule has 94 valence electrons. The molecule has 1 aromatic rings. The van der Waals surface area contributed by atoms with E-state index in [2.05, 4.69) is 36.6 Å². The molecule has 0 aliphatic carbocycles. The highest BCUT2D eigenvalue weighted by Gasteiger charge is 2.16. The van der Waals surface area contributed by atoms with Gasteiger partial charge in [0.15, 0.2) is 0 Å². The van der Waals surface area contributed by atoms with Gasteiger partial charge in [0.1, 0.15) is 0 Å². The van der Waals surface area contributed by atoms with Crippen LogP contribution in [-0.2, 0) is 10.0 Å². The fourth-order valence-corrected chi connectivity index (χ4v) is 3.83. The molecule has 3 N–H and O–H groups in total. The molecule has 0 aliphatic heterocycles. The van der Waals surface area contributed by atoms with Gasteiger partial charge in [0.25, 0.3) is 0 Å². The molecule has 0 saturated heterocycles. The largest absolute Gasteiger partial charge is 0.327 e. The van der Waals surface area contributed by atoms with E-state index >= 15 is 0 Å². The highest BCUT2D eigenvalue weighted by atomic mass is 79.9. The van der Waals surface area contributed by atoms with Crippen LogP contribution in [0, 0.1) is 0 Å². The number of hydrogen-bond donors (Lipinski definition) is 2. The maximum absolute atomic E-state index is 11.9. The van der Waals surface area contributed by atoms with Crippen molar-refractivity contribution in [3.63, 3.8) is 0 Å². The second kappa shape index (κ2) is 6.65. The Hall–Kier alpha value is -0.210. The Bertz CT molecular complexity index is 515. The predicted molar refractivity (Wildman–Crippen MR) is 75.2 cm³/mol. The normalized spacial score (nSPS) is 12.2. The van der Waals surface area contributed by atoms with Gasteiger partial charge in [-0.05, 0) is 34.1 Å². The summed E-state index contributed by atoms with van der Waals surface area (Å²) in [5.74, 6) is 0. The molecule has 0 bridgehead atoms. The van der Waals surface area contributed by atoms with Crippen molar-refractivity contribution < 1.29 is 8.42 Å². The molecule has 0 saturated carbocycles. The lowest BCUT2D eigenvalue weighted by molar-refractivity contribution is 0.585. The summed E-state index contributed by atoms with van der Waals surface area (Å²) < 4.78 is 27.6. The topological polar surface area (TPSA) is 72.2 Å². The number of rotatable bonds is 5. The Labute approximate surface area is 118 Å². The lowest BCUT2D eigenvalue weighted by atomic mass is 10.4. The lowest BCUT2D eigenvalue weighted by Gasteiger charge is -2.07. The van der Waals surface area contributed by atoms with E-state index in [1.807, 2.05) is 0 Å². The Kier molecular flexibility index (Phi) is 5.81.